The number of rotatable bonds is 3. The van der Waals surface area contributed by atoms with Crippen LogP contribution in [0.1, 0.15) is 40.5 Å². The van der Waals surface area contributed by atoms with E-state index in [2.05, 4.69) is 19.9 Å². The third-order valence-electron chi connectivity index (χ3n) is 2.53. The van der Waals surface area contributed by atoms with Crippen LogP contribution in [0.3, 0.4) is 0 Å². The molecule has 0 saturated carbocycles. The number of hydrogen-bond donors (Lipinski definition) is 0. The first kappa shape index (κ1) is 11.0. The molecule has 0 amide bonds. The van der Waals surface area contributed by atoms with Crippen molar-refractivity contribution in [3.05, 3.63) is 22.8 Å². The summed E-state index contributed by atoms with van der Waals surface area (Å²) < 4.78 is 5.11. The first-order valence-electron chi connectivity index (χ1n) is 5.06. The minimum absolute atomic E-state index is 0.0203. The standard InChI is InChI=1S/C12H18O2/c1-8(2)6-5-7-11-9(3)12(13)14-10(11)4/h6,10H,5,7H2,1-4H3. The summed E-state index contributed by atoms with van der Waals surface area (Å²) in [6, 6.07) is 0. The molecule has 0 aromatic heterocycles. The molecule has 0 N–H and O–H groups in total. The Morgan fingerprint density at radius 1 is 1.50 bits per heavy atom. The average molecular weight is 194 g/mol. The molecule has 14 heavy (non-hydrogen) atoms. The van der Waals surface area contributed by atoms with E-state index in [1.54, 1.807) is 0 Å². The van der Waals surface area contributed by atoms with Crippen molar-refractivity contribution in [2.45, 2.75) is 46.6 Å². The van der Waals surface area contributed by atoms with E-state index in [4.69, 9.17) is 4.74 Å². The van der Waals surface area contributed by atoms with Crippen molar-refractivity contribution >= 4 is 5.97 Å². The van der Waals surface area contributed by atoms with Gasteiger partial charge in [-0.1, -0.05) is 11.6 Å². The van der Waals surface area contributed by atoms with E-state index in [1.807, 2.05) is 13.8 Å². The molecule has 0 bridgehead atoms. The highest BCUT2D eigenvalue weighted by Gasteiger charge is 2.26. The Morgan fingerprint density at radius 2 is 2.14 bits per heavy atom. The summed E-state index contributed by atoms with van der Waals surface area (Å²) >= 11 is 0. The summed E-state index contributed by atoms with van der Waals surface area (Å²) in [5.74, 6) is -0.148. The smallest absolute Gasteiger partial charge is 0.334 e. The molecule has 2 heteroatoms. The van der Waals surface area contributed by atoms with E-state index < -0.39 is 0 Å². The SMILES string of the molecule is CC(C)=CCCC1=C(C)C(=O)OC1C. The Hall–Kier alpha value is -1.05. The molecular weight excluding hydrogens is 176 g/mol. The van der Waals surface area contributed by atoms with Gasteiger partial charge in [0.1, 0.15) is 6.10 Å². The van der Waals surface area contributed by atoms with Gasteiger partial charge in [0, 0.05) is 5.57 Å². The predicted molar refractivity (Wildman–Crippen MR) is 56.9 cm³/mol. The van der Waals surface area contributed by atoms with Crippen molar-refractivity contribution in [3.8, 4) is 0 Å². The molecule has 2 nitrogen and oxygen atoms in total. The maximum absolute atomic E-state index is 11.2. The second-order valence-corrected chi connectivity index (χ2v) is 4.02. The lowest BCUT2D eigenvalue weighted by Crippen LogP contribution is -2.05. The number of allylic oxidation sites excluding steroid dienone is 2. The summed E-state index contributed by atoms with van der Waals surface area (Å²) in [7, 11) is 0. The molecule has 1 heterocycles. The van der Waals surface area contributed by atoms with Gasteiger partial charge in [0.25, 0.3) is 0 Å². The van der Waals surface area contributed by atoms with Crippen molar-refractivity contribution in [3.63, 3.8) is 0 Å². The monoisotopic (exact) mass is 194 g/mol. The highest BCUT2D eigenvalue weighted by Crippen LogP contribution is 2.26. The van der Waals surface area contributed by atoms with Crippen LogP contribution in [0.25, 0.3) is 0 Å². The summed E-state index contributed by atoms with van der Waals surface area (Å²) in [4.78, 5) is 11.2. The molecular formula is C12H18O2. The number of carbonyl (C=O) groups is 1. The molecule has 1 rings (SSSR count). The van der Waals surface area contributed by atoms with E-state index in [-0.39, 0.29) is 12.1 Å². The molecule has 1 aliphatic rings. The number of esters is 1. The second kappa shape index (κ2) is 4.45. The van der Waals surface area contributed by atoms with Gasteiger partial charge in [0.2, 0.25) is 0 Å². The first-order chi connectivity index (χ1) is 6.52. The van der Waals surface area contributed by atoms with Crippen molar-refractivity contribution < 1.29 is 9.53 Å². The van der Waals surface area contributed by atoms with Crippen LogP contribution < -0.4 is 0 Å². The summed E-state index contributed by atoms with van der Waals surface area (Å²) in [5.41, 5.74) is 3.29. The summed E-state index contributed by atoms with van der Waals surface area (Å²) in [5, 5.41) is 0. The number of carbonyl (C=O) groups excluding carboxylic acids is 1. The van der Waals surface area contributed by atoms with Crippen molar-refractivity contribution in [2.24, 2.45) is 0 Å². The summed E-state index contributed by atoms with van der Waals surface area (Å²) in [6.45, 7) is 7.96. The van der Waals surface area contributed by atoms with E-state index in [0.717, 1.165) is 24.0 Å². The van der Waals surface area contributed by atoms with Gasteiger partial charge >= 0.3 is 5.97 Å². The van der Waals surface area contributed by atoms with Crippen LogP contribution in [0.2, 0.25) is 0 Å². The van der Waals surface area contributed by atoms with E-state index in [9.17, 15) is 4.79 Å². The van der Waals surface area contributed by atoms with Crippen LogP contribution in [0.4, 0.5) is 0 Å². The zero-order valence-corrected chi connectivity index (χ0v) is 9.39. The first-order valence-corrected chi connectivity index (χ1v) is 5.06. The molecule has 0 radical (unpaired) electrons. The molecule has 1 atom stereocenters. The van der Waals surface area contributed by atoms with Gasteiger partial charge in [0.15, 0.2) is 0 Å². The maximum Gasteiger partial charge on any atom is 0.334 e. The Kier molecular flexibility index (Phi) is 3.50. The van der Waals surface area contributed by atoms with Crippen LogP contribution in [0.5, 0.6) is 0 Å². The third-order valence-corrected chi connectivity index (χ3v) is 2.53. The Balaban J connectivity index is 2.60. The summed E-state index contributed by atoms with van der Waals surface area (Å²) in [6.07, 6.45) is 4.10. The van der Waals surface area contributed by atoms with Gasteiger partial charge in [0.05, 0.1) is 0 Å². The highest BCUT2D eigenvalue weighted by atomic mass is 16.5. The fourth-order valence-corrected chi connectivity index (χ4v) is 1.66. The molecule has 78 valence electrons. The van der Waals surface area contributed by atoms with Crippen molar-refractivity contribution in [2.75, 3.05) is 0 Å². The highest BCUT2D eigenvalue weighted by molar-refractivity contribution is 5.91. The number of ether oxygens (including phenoxy) is 1. The van der Waals surface area contributed by atoms with Gasteiger partial charge in [-0.3, -0.25) is 0 Å². The molecule has 0 spiro atoms. The Bertz CT molecular complexity index is 293. The van der Waals surface area contributed by atoms with E-state index in [0.29, 0.717) is 0 Å². The van der Waals surface area contributed by atoms with Crippen molar-refractivity contribution in [1.29, 1.82) is 0 Å². The normalized spacial score (nSPS) is 21.1. The lowest BCUT2D eigenvalue weighted by Gasteiger charge is -2.06. The van der Waals surface area contributed by atoms with E-state index in [1.165, 1.54) is 5.57 Å². The average Bonchev–Trinajstić information content (AvgIpc) is 2.31. The zero-order chi connectivity index (χ0) is 10.7. The van der Waals surface area contributed by atoms with Gasteiger partial charge in [-0.2, -0.15) is 0 Å². The molecule has 0 saturated heterocycles. The lowest BCUT2D eigenvalue weighted by molar-refractivity contribution is -0.139. The fourth-order valence-electron chi connectivity index (χ4n) is 1.66. The topological polar surface area (TPSA) is 26.3 Å². The fraction of sp³-hybridized carbons (Fsp3) is 0.583. The van der Waals surface area contributed by atoms with Gasteiger partial charge < -0.3 is 4.74 Å². The molecule has 1 aliphatic heterocycles. The zero-order valence-electron chi connectivity index (χ0n) is 9.39. The van der Waals surface area contributed by atoms with Gasteiger partial charge in [-0.15, -0.1) is 0 Å². The van der Waals surface area contributed by atoms with Crippen LogP contribution in [-0.4, -0.2) is 12.1 Å². The minimum atomic E-state index is -0.148. The maximum atomic E-state index is 11.2. The minimum Gasteiger partial charge on any atom is -0.455 e. The van der Waals surface area contributed by atoms with Crippen LogP contribution in [-0.2, 0) is 9.53 Å². The lowest BCUT2D eigenvalue weighted by atomic mass is 10.0. The van der Waals surface area contributed by atoms with E-state index >= 15 is 0 Å². The number of hydrogen-bond acceptors (Lipinski definition) is 2. The molecule has 0 fully saturated rings. The molecule has 0 aromatic carbocycles. The molecule has 0 aromatic rings. The van der Waals surface area contributed by atoms with Crippen molar-refractivity contribution in [1.82, 2.24) is 0 Å². The largest absolute Gasteiger partial charge is 0.455 e. The third kappa shape index (κ3) is 2.47. The van der Waals surface area contributed by atoms with Gasteiger partial charge in [-0.05, 0) is 46.1 Å². The quantitative estimate of drug-likeness (QED) is 0.510. The Morgan fingerprint density at radius 3 is 2.57 bits per heavy atom. The Labute approximate surface area is 85.6 Å². The number of cyclic esters (lactones) is 1. The molecule has 1 unspecified atom stereocenters. The molecule has 0 aliphatic carbocycles. The van der Waals surface area contributed by atoms with Crippen LogP contribution in [0.15, 0.2) is 22.8 Å². The van der Waals surface area contributed by atoms with Crippen LogP contribution >= 0.6 is 0 Å². The van der Waals surface area contributed by atoms with Gasteiger partial charge in [-0.25, -0.2) is 4.79 Å². The predicted octanol–water partition coefficient (Wildman–Crippen LogP) is 2.99. The van der Waals surface area contributed by atoms with Crippen LogP contribution in [0, 0.1) is 0 Å². The second-order valence-electron chi connectivity index (χ2n) is 4.02.